The summed E-state index contributed by atoms with van der Waals surface area (Å²) in [5.41, 5.74) is 10.4. The lowest BCUT2D eigenvalue weighted by Crippen LogP contribution is -2.54. The molecule has 6 rings (SSSR count). The van der Waals surface area contributed by atoms with Gasteiger partial charge in [-0.2, -0.15) is 0 Å². The van der Waals surface area contributed by atoms with Gasteiger partial charge in [0, 0.05) is 48.7 Å². The van der Waals surface area contributed by atoms with Gasteiger partial charge in [0.05, 0.1) is 24.5 Å². The van der Waals surface area contributed by atoms with Crippen molar-refractivity contribution >= 4 is 17.2 Å². The number of anilines is 3. The fourth-order valence-electron chi connectivity index (χ4n) is 6.52. The van der Waals surface area contributed by atoms with Crippen molar-refractivity contribution in [2.75, 3.05) is 48.3 Å². The highest BCUT2D eigenvalue weighted by Crippen LogP contribution is 2.39. The van der Waals surface area contributed by atoms with Crippen LogP contribution in [0.5, 0.6) is 5.75 Å². The molecule has 9 nitrogen and oxygen atoms in total. The summed E-state index contributed by atoms with van der Waals surface area (Å²) in [5, 5.41) is 28.6. The molecule has 3 fully saturated rings. The Labute approximate surface area is 235 Å². The molecule has 3 saturated heterocycles. The van der Waals surface area contributed by atoms with Crippen molar-refractivity contribution in [3.8, 4) is 28.8 Å². The number of likely N-dealkylation sites (tertiary alicyclic amines) is 1. The summed E-state index contributed by atoms with van der Waals surface area (Å²) in [7, 11) is 0. The minimum Gasteiger partial charge on any atom is -0.507 e. The number of hydrogen-bond donors (Lipinski definition) is 3. The third-order valence-corrected chi connectivity index (χ3v) is 8.55. The van der Waals surface area contributed by atoms with Crippen molar-refractivity contribution in [1.29, 1.82) is 0 Å². The zero-order valence-corrected chi connectivity index (χ0v) is 22.8. The topological polar surface area (TPSA) is 115 Å². The maximum Gasteiger partial charge on any atom is 0.169 e. The first-order valence-electron chi connectivity index (χ1n) is 14.4. The number of rotatable bonds is 5. The SMILES string of the molecule is Nc1nnc(-c2ccccc2O)cc1N1CC2CCC(C1)N2c1ccnc(C#CCN2CCCCCC2CO)c1. The molecule has 0 amide bonds. The number of piperazine rings is 1. The van der Waals surface area contributed by atoms with E-state index < -0.39 is 0 Å². The number of nitrogen functional groups attached to an aromatic ring is 1. The molecule has 5 heterocycles. The number of phenolic OH excluding ortho intramolecular Hbond substituents is 1. The lowest BCUT2D eigenvalue weighted by Gasteiger charge is -2.43. The van der Waals surface area contributed by atoms with Gasteiger partial charge in [-0.15, -0.1) is 10.2 Å². The van der Waals surface area contributed by atoms with Gasteiger partial charge in [-0.05, 0) is 68.5 Å². The molecule has 0 aliphatic carbocycles. The van der Waals surface area contributed by atoms with E-state index in [-0.39, 0.29) is 18.4 Å². The van der Waals surface area contributed by atoms with Crippen LogP contribution in [-0.4, -0.2) is 81.2 Å². The summed E-state index contributed by atoms with van der Waals surface area (Å²) in [6, 6.07) is 14.2. The Bertz CT molecular complexity index is 1390. The van der Waals surface area contributed by atoms with Crippen molar-refractivity contribution in [1.82, 2.24) is 20.1 Å². The van der Waals surface area contributed by atoms with Crippen molar-refractivity contribution in [3.05, 3.63) is 54.4 Å². The maximum absolute atomic E-state index is 10.3. The average molecular weight is 540 g/mol. The molecule has 2 aromatic heterocycles. The number of para-hydroxylation sites is 1. The number of aliphatic hydroxyl groups is 1. The molecule has 9 heteroatoms. The quantitative estimate of drug-likeness (QED) is 0.420. The monoisotopic (exact) mass is 539 g/mol. The van der Waals surface area contributed by atoms with E-state index in [1.54, 1.807) is 12.1 Å². The number of nitrogens with zero attached hydrogens (tertiary/aromatic N) is 6. The van der Waals surface area contributed by atoms with Crippen LogP contribution in [0.4, 0.5) is 17.2 Å². The molecule has 208 valence electrons. The zero-order chi connectivity index (χ0) is 27.5. The third kappa shape index (κ3) is 5.42. The van der Waals surface area contributed by atoms with Crippen LogP contribution in [-0.2, 0) is 0 Å². The van der Waals surface area contributed by atoms with Crippen LogP contribution in [0.25, 0.3) is 11.3 Å². The summed E-state index contributed by atoms with van der Waals surface area (Å²) >= 11 is 0. The Hall–Kier alpha value is -3.87. The van der Waals surface area contributed by atoms with E-state index in [1.165, 1.54) is 12.8 Å². The largest absolute Gasteiger partial charge is 0.507 e. The second kappa shape index (κ2) is 11.7. The zero-order valence-electron chi connectivity index (χ0n) is 22.8. The average Bonchev–Trinajstić information content (AvgIpc) is 3.11. The minimum absolute atomic E-state index is 0.175. The first-order chi connectivity index (χ1) is 19.6. The summed E-state index contributed by atoms with van der Waals surface area (Å²) in [4.78, 5) is 11.7. The number of pyridine rings is 1. The number of aromatic nitrogens is 3. The highest BCUT2D eigenvalue weighted by molar-refractivity contribution is 5.74. The predicted molar refractivity (Wildman–Crippen MR) is 157 cm³/mol. The van der Waals surface area contributed by atoms with Crippen LogP contribution in [0.3, 0.4) is 0 Å². The molecule has 4 N–H and O–H groups in total. The van der Waals surface area contributed by atoms with Crippen LogP contribution in [0, 0.1) is 11.8 Å². The minimum atomic E-state index is 0.175. The Morgan fingerprint density at radius 2 is 1.80 bits per heavy atom. The van der Waals surface area contributed by atoms with E-state index in [0.29, 0.717) is 35.7 Å². The van der Waals surface area contributed by atoms with E-state index >= 15 is 0 Å². The molecule has 3 aliphatic heterocycles. The normalized spacial score (nSPS) is 23.0. The number of phenols is 1. The molecule has 0 radical (unpaired) electrons. The number of fused-ring (bicyclic) bond motifs is 2. The molecule has 3 unspecified atom stereocenters. The highest BCUT2D eigenvalue weighted by atomic mass is 16.3. The highest BCUT2D eigenvalue weighted by Gasteiger charge is 2.40. The van der Waals surface area contributed by atoms with E-state index in [0.717, 1.165) is 62.4 Å². The van der Waals surface area contributed by atoms with E-state index in [1.807, 2.05) is 24.4 Å². The van der Waals surface area contributed by atoms with Gasteiger partial charge in [0.2, 0.25) is 0 Å². The number of nitrogens with two attached hydrogens (primary N) is 1. The Morgan fingerprint density at radius 1 is 0.975 bits per heavy atom. The van der Waals surface area contributed by atoms with Gasteiger partial charge in [-0.1, -0.05) is 30.9 Å². The van der Waals surface area contributed by atoms with Crippen molar-refractivity contribution in [2.45, 2.75) is 56.7 Å². The van der Waals surface area contributed by atoms with E-state index in [9.17, 15) is 10.2 Å². The fraction of sp³-hybridized carbons (Fsp3) is 0.452. The molecule has 40 heavy (non-hydrogen) atoms. The molecule has 3 aliphatic rings. The van der Waals surface area contributed by atoms with Crippen molar-refractivity contribution < 1.29 is 10.2 Å². The lowest BCUT2D eigenvalue weighted by molar-refractivity contribution is 0.137. The second-order valence-corrected chi connectivity index (χ2v) is 11.1. The van der Waals surface area contributed by atoms with Crippen LogP contribution in [0.15, 0.2) is 48.7 Å². The summed E-state index contributed by atoms with van der Waals surface area (Å²) in [5.74, 6) is 7.18. The summed E-state index contributed by atoms with van der Waals surface area (Å²) < 4.78 is 0. The molecule has 0 saturated carbocycles. The van der Waals surface area contributed by atoms with Gasteiger partial charge in [0.1, 0.15) is 11.4 Å². The molecular weight excluding hydrogens is 502 g/mol. The van der Waals surface area contributed by atoms with Gasteiger partial charge in [0.25, 0.3) is 0 Å². The van der Waals surface area contributed by atoms with Crippen LogP contribution < -0.4 is 15.5 Å². The number of aliphatic hydroxyl groups excluding tert-OH is 1. The molecule has 2 bridgehead atoms. The predicted octanol–water partition coefficient (Wildman–Crippen LogP) is 3.27. The first-order valence-corrected chi connectivity index (χ1v) is 14.4. The lowest BCUT2D eigenvalue weighted by atomic mass is 10.1. The van der Waals surface area contributed by atoms with E-state index in [4.69, 9.17) is 5.73 Å². The van der Waals surface area contributed by atoms with Crippen LogP contribution in [0.2, 0.25) is 0 Å². The van der Waals surface area contributed by atoms with Crippen molar-refractivity contribution in [2.24, 2.45) is 0 Å². The van der Waals surface area contributed by atoms with Gasteiger partial charge < -0.3 is 25.7 Å². The number of benzene rings is 1. The van der Waals surface area contributed by atoms with E-state index in [2.05, 4.69) is 53.9 Å². The maximum atomic E-state index is 10.3. The number of aromatic hydroxyl groups is 1. The van der Waals surface area contributed by atoms with Crippen LogP contribution >= 0.6 is 0 Å². The third-order valence-electron chi connectivity index (χ3n) is 8.55. The number of hydrogen-bond acceptors (Lipinski definition) is 9. The molecular formula is C31H37N7O2. The Kier molecular flexibility index (Phi) is 7.71. The summed E-state index contributed by atoms with van der Waals surface area (Å²) in [6.45, 7) is 3.50. The standard InChI is InChI=1S/C31H37N7O2/c32-31-29(18-28(34-35-31)27-9-3-4-10-30(27)40)37-19-24-11-12-25(20-37)38(24)23-13-14-33-22(17-23)7-6-16-36-15-5-1-2-8-26(36)21-39/h3-4,9-10,13-14,17-18,24-26,39-40H,1-2,5,8,11-12,15-16,19-21H2,(H2,32,35). The molecule has 3 atom stereocenters. The van der Waals surface area contributed by atoms with Crippen molar-refractivity contribution in [3.63, 3.8) is 0 Å². The molecule has 3 aromatic rings. The molecule has 1 aromatic carbocycles. The van der Waals surface area contributed by atoms with Gasteiger partial charge >= 0.3 is 0 Å². The Morgan fingerprint density at radius 3 is 2.60 bits per heavy atom. The molecule has 0 spiro atoms. The van der Waals surface area contributed by atoms with Gasteiger partial charge in [0.15, 0.2) is 5.82 Å². The van der Waals surface area contributed by atoms with Gasteiger partial charge in [-0.25, -0.2) is 4.98 Å². The second-order valence-electron chi connectivity index (χ2n) is 11.1. The summed E-state index contributed by atoms with van der Waals surface area (Å²) in [6.07, 6.45) is 8.67. The van der Waals surface area contributed by atoms with Gasteiger partial charge in [-0.3, -0.25) is 4.90 Å². The Balaban J connectivity index is 1.17. The fourth-order valence-corrected chi connectivity index (χ4v) is 6.52. The van der Waals surface area contributed by atoms with Crippen LogP contribution in [0.1, 0.15) is 44.2 Å². The smallest absolute Gasteiger partial charge is 0.169 e. The first kappa shape index (κ1) is 26.4.